The minimum absolute atomic E-state index is 0.00609. The third-order valence-corrected chi connectivity index (χ3v) is 4.53. The van der Waals surface area contributed by atoms with Crippen LogP contribution in [0.4, 0.5) is 36.8 Å². The first-order chi connectivity index (χ1) is 12.9. The van der Waals surface area contributed by atoms with E-state index in [0.717, 1.165) is 24.1 Å². The summed E-state index contributed by atoms with van der Waals surface area (Å²) >= 11 is 0. The molecule has 3 rings (SSSR count). The van der Waals surface area contributed by atoms with Gasteiger partial charge in [-0.2, -0.15) is 31.4 Å². The molecule has 0 saturated heterocycles. The molecule has 0 bridgehead atoms. The molecule has 0 saturated carbocycles. The van der Waals surface area contributed by atoms with Crippen LogP contribution in [0.15, 0.2) is 24.4 Å². The number of carbonyl (C=O) groups is 1. The second-order valence-electron chi connectivity index (χ2n) is 6.51. The molecule has 2 N–H and O–H groups in total. The molecule has 1 aliphatic carbocycles. The number of hydrogen-bond donors (Lipinski definition) is 2. The number of carbonyl (C=O) groups excluding carboxylic acids is 1. The van der Waals surface area contributed by atoms with Crippen LogP contribution in [-0.2, 0) is 25.8 Å². The van der Waals surface area contributed by atoms with Gasteiger partial charge >= 0.3 is 18.4 Å². The van der Waals surface area contributed by atoms with E-state index in [4.69, 9.17) is 0 Å². The molecule has 152 valence electrons. The minimum atomic E-state index is -4.98. The van der Waals surface area contributed by atoms with Crippen LogP contribution in [0.5, 0.6) is 0 Å². The fraction of sp³-hybridized carbons (Fsp3) is 0.412. The Bertz CT molecular complexity index is 854. The van der Waals surface area contributed by atoms with Crippen molar-refractivity contribution in [2.24, 2.45) is 7.05 Å². The molecule has 0 spiro atoms. The van der Waals surface area contributed by atoms with Gasteiger partial charge in [-0.25, -0.2) is 4.79 Å². The fourth-order valence-electron chi connectivity index (χ4n) is 3.21. The number of aromatic nitrogens is 2. The molecule has 5 nitrogen and oxygen atoms in total. The van der Waals surface area contributed by atoms with E-state index in [2.05, 4.69) is 15.7 Å². The number of urea groups is 1. The predicted molar refractivity (Wildman–Crippen MR) is 87.5 cm³/mol. The second kappa shape index (κ2) is 7.02. The summed E-state index contributed by atoms with van der Waals surface area (Å²) in [6.07, 6.45) is -6.26. The van der Waals surface area contributed by atoms with Crippen LogP contribution in [0.3, 0.4) is 0 Å². The summed E-state index contributed by atoms with van der Waals surface area (Å²) in [5, 5.41) is 8.77. The molecule has 1 heterocycles. The lowest BCUT2D eigenvalue weighted by Crippen LogP contribution is -2.34. The third-order valence-electron chi connectivity index (χ3n) is 4.53. The molecule has 0 radical (unpaired) electrons. The van der Waals surface area contributed by atoms with Crippen LogP contribution in [0, 0.1) is 0 Å². The first-order valence-electron chi connectivity index (χ1n) is 8.33. The number of nitrogens with one attached hydrogen (secondary N) is 2. The lowest BCUT2D eigenvalue weighted by Gasteiger charge is -2.24. The van der Waals surface area contributed by atoms with Gasteiger partial charge in [0.05, 0.1) is 23.4 Å². The summed E-state index contributed by atoms with van der Waals surface area (Å²) in [4.78, 5) is 12.2. The highest BCUT2D eigenvalue weighted by atomic mass is 19.4. The normalized spacial score (nSPS) is 17.2. The van der Waals surface area contributed by atoms with Crippen molar-refractivity contribution in [3.63, 3.8) is 0 Å². The topological polar surface area (TPSA) is 59.0 Å². The number of fused-ring (bicyclic) bond motifs is 1. The third kappa shape index (κ3) is 4.23. The summed E-state index contributed by atoms with van der Waals surface area (Å²) in [6.45, 7) is 0. The van der Waals surface area contributed by atoms with Crippen LogP contribution >= 0.6 is 0 Å². The van der Waals surface area contributed by atoms with E-state index in [9.17, 15) is 31.1 Å². The first-order valence-corrected chi connectivity index (χ1v) is 8.33. The molecule has 1 aromatic carbocycles. The van der Waals surface area contributed by atoms with Crippen molar-refractivity contribution in [2.75, 3.05) is 5.32 Å². The zero-order valence-corrected chi connectivity index (χ0v) is 14.6. The van der Waals surface area contributed by atoms with E-state index in [-0.39, 0.29) is 6.07 Å². The van der Waals surface area contributed by atoms with Gasteiger partial charge in [-0.1, -0.05) is 0 Å². The average molecular weight is 406 g/mol. The number of benzene rings is 1. The van der Waals surface area contributed by atoms with Crippen LogP contribution < -0.4 is 10.6 Å². The lowest BCUT2D eigenvalue weighted by molar-refractivity contribution is -0.143. The maximum absolute atomic E-state index is 12.9. The highest BCUT2D eigenvalue weighted by Crippen LogP contribution is 2.37. The van der Waals surface area contributed by atoms with Crippen molar-refractivity contribution in [3.8, 4) is 0 Å². The second-order valence-corrected chi connectivity index (χ2v) is 6.51. The Morgan fingerprint density at radius 3 is 2.29 bits per heavy atom. The predicted octanol–water partition coefficient (Wildman–Crippen LogP) is 4.66. The highest BCUT2D eigenvalue weighted by Gasteiger charge is 2.37. The van der Waals surface area contributed by atoms with Gasteiger partial charge in [0.2, 0.25) is 0 Å². The molecule has 0 aliphatic heterocycles. The molecule has 0 unspecified atom stereocenters. The molecule has 1 aliphatic rings. The monoisotopic (exact) mass is 406 g/mol. The van der Waals surface area contributed by atoms with Crippen molar-refractivity contribution in [3.05, 3.63) is 46.8 Å². The summed E-state index contributed by atoms with van der Waals surface area (Å²) in [5.41, 5.74) is -1.88. The van der Waals surface area contributed by atoms with Gasteiger partial charge in [-0.05, 0) is 37.5 Å². The van der Waals surface area contributed by atoms with Gasteiger partial charge in [0.15, 0.2) is 0 Å². The summed E-state index contributed by atoms with van der Waals surface area (Å²) in [6, 6.07) is -0.387. The summed E-state index contributed by atoms with van der Waals surface area (Å²) < 4.78 is 79.1. The maximum Gasteiger partial charge on any atom is 0.416 e. The van der Waals surface area contributed by atoms with E-state index in [1.807, 2.05) is 0 Å². The SMILES string of the molecule is Cn1ncc2c1CCC[C@@H]2NC(=O)Nc1cc(C(F)(F)F)cc(C(F)(F)F)c1. The van der Waals surface area contributed by atoms with Crippen molar-refractivity contribution in [1.82, 2.24) is 15.1 Å². The zero-order chi connectivity index (χ0) is 20.7. The number of anilines is 1. The molecule has 0 fully saturated rings. The number of amides is 2. The van der Waals surface area contributed by atoms with Gasteiger partial charge in [0, 0.05) is 24.0 Å². The number of halogens is 6. The molecule has 11 heteroatoms. The zero-order valence-electron chi connectivity index (χ0n) is 14.6. The van der Waals surface area contributed by atoms with Crippen molar-refractivity contribution in [2.45, 2.75) is 37.7 Å². The van der Waals surface area contributed by atoms with E-state index < -0.39 is 41.2 Å². The fourth-order valence-corrected chi connectivity index (χ4v) is 3.21. The van der Waals surface area contributed by atoms with Gasteiger partial charge < -0.3 is 10.6 Å². The van der Waals surface area contributed by atoms with Gasteiger partial charge in [0.25, 0.3) is 0 Å². The number of hydrogen-bond acceptors (Lipinski definition) is 2. The van der Waals surface area contributed by atoms with E-state index in [0.29, 0.717) is 18.6 Å². The Morgan fingerprint density at radius 2 is 1.71 bits per heavy atom. The Labute approximate surface area is 155 Å². The molecule has 2 amide bonds. The molecule has 1 aromatic heterocycles. The van der Waals surface area contributed by atoms with Gasteiger partial charge in [-0.15, -0.1) is 0 Å². The molecule has 28 heavy (non-hydrogen) atoms. The quantitative estimate of drug-likeness (QED) is 0.713. The van der Waals surface area contributed by atoms with Crippen LogP contribution in [0.25, 0.3) is 0 Å². The smallest absolute Gasteiger partial charge is 0.331 e. The average Bonchev–Trinajstić information content (AvgIpc) is 2.95. The van der Waals surface area contributed by atoms with Gasteiger partial charge in [-0.3, -0.25) is 4.68 Å². The number of alkyl halides is 6. The Morgan fingerprint density at radius 1 is 1.11 bits per heavy atom. The summed E-state index contributed by atoms with van der Waals surface area (Å²) in [7, 11) is 1.75. The van der Waals surface area contributed by atoms with Crippen LogP contribution in [-0.4, -0.2) is 15.8 Å². The van der Waals surface area contributed by atoms with Gasteiger partial charge in [0.1, 0.15) is 0 Å². The van der Waals surface area contributed by atoms with Crippen LogP contribution in [0.2, 0.25) is 0 Å². The number of nitrogens with zero attached hydrogens (tertiary/aromatic N) is 2. The Hall–Kier alpha value is -2.72. The maximum atomic E-state index is 12.9. The summed E-state index contributed by atoms with van der Waals surface area (Å²) in [5.74, 6) is 0. The Kier molecular flexibility index (Phi) is 5.02. The number of rotatable bonds is 2. The molecule has 2 aromatic rings. The van der Waals surface area contributed by atoms with Crippen molar-refractivity contribution in [1.29, 1.82) is 0 Å². The molecular weight excluding hydrogens is 390 g/mol. The number of aryl methyl sites for hydroxylation is 1. The largest absolute Gasteiger partial charge is 0.416 e. The lowest BCUT2D eigenvalue weighted by atomic mass is 9.93. The first kappa shape index (κ1) is 20.0. The van der Waals surface area contributed by atoms with E-state index in [1.165, 1.54) is 0 Å². The van der Waals surface area contributed by atoms with Crippen LogP contribution in [0.1, 0.15) is 41.3 Å². The molecular formula is C17H16F6N4O. The van der Waals surface area contributed by atoms with Crippen molar-refractivity contribution >= 4 is 11.7 Å². The standard InChI is InChI=1S/C17H16F6N4O/c1-27-14-4-2-3-13(12(14)8-24-27)26-15(28)25-11-6-9(16(18,19)20)5-10(7-11)17(21,22)23/h5-8,13H,2-4H2,1H3,(H2,25,26,28)/t13-/m0/s1. The van der Waals surface area contributed by atoms with Crippen molar-refractivity contribution < 1.29 is 31.1 Å². The highest BCUT2D eigenvalue weighted by molar-refractivity contribution is 5.89. The molecule has 1 atom stereocenters. The van der Waals surface area contributed by atoms with E-state index >= 15 is 0 Å². The Balaban J connectivity index is 1.81. The van der Waals surface area contributed by atoms with E-state index in [1.54, 1.807) is 17.9 Å². The minimum Gasteiger partial charge on any atom is -0.331 e.